The van der Waals surface area contributed by atoms with Crippen LogP contribution in [0.1, 0.15) is 61.4 Å². The summed E-state index contributed by atoms with van der Waals surface area (Å²) in [6, 6.07) is 5.54. The van der Waals surface area contributed by atoms with Crippen molar-refractivity contribution in [2.45, 2.75) is 70.1 Å². The van der Waals surface area contributed by atoms with Crippen molar-refractivity contribution in [1.29, 1.82) is 0 Å². The molecule has 2 heterocycles. The smallest absolute Gasteiger partial charge is 0.255 e. The second-order valence-corrected chi connectivity index (χ2v) is 8.13. The molecule has 8 nitrogen and oxygen atoms in total. The highest BCUT2D eigenvalue weighted by Crippen LogP contribution is 2.33. The molecule has 1 atom stereocenters. The van der Waals surface area contributed by atoms with Gasteiger partial charge in [-0.25, -0.2) is 0 Å². The molecule has 1 saturated carbocycles. The molecule has 0 spiro atoms. The van der Waals surface area contributed by atoms with Gasteiger partial charge in [-0.1, -0.05) is 6.07 Å². The molecule has 1 aromatic carbocycles. The van der Waals surface area contributed by atoms with Crippen LogP contribution in [0.5, 0.6) is 0 Å². The van der Waals surface area contributed by atoms with Crippen molar-refractivity contribution in [3.05, 3.63) is 29.3 Å². The van der Waals surface area contributed by atoms with Gasteiger partial charge in [0, 0.05) is 48.8 Å². The van der Waals surface area contributed by atoms with Crippen LogP contribution in [-0.2, 0) is 20.9 Å². The van der Waals surface area contributed by atoms with Gasteiger partial charge in [-0.2, -0.15) is 0 Å². The molecule has 1 unspecified atom stereocenters. The Morgan fingerprint density at radius 1 is 1.07 bits per heavy atom. The van der Waals surface area contributed by atoms with Gasteiger partial charge < -0.3 is 15.5 Å². The second-order valence-electron chi connectivity index (χ2n) is 8.13. The Morgan fingerprint density at radius 2 is 1.79 bits per heavy atom. The second kappa shape index (κ2) is 7.85. The average molecular weight is 398 g/mol. The van der Waals surface area contributed by atoms with Gasteiger partial charge in [0.15, 0.2) is 0 Å². The molecule has 8 heteroatoms. The fourth-order valence-electron chi connectivity index (χ4n) is 4.61. The number of hydrogen-bond acceptors (Lipinski definition) is 5. The molecule has 4 amide bonds. The molecule has 1 aromatic rings. The minimum Gasteiger partial charge on any atom is -0.382 e. The molecule has 3 N–H and O–H groups in total. The number of nitrogens with zero attached hydrogens (tertiary/aromatic N) is 1. The number of nitrogens with one attached hydrogen (secondary N) is 3. The van der Waals surface area contributed by atoms with E-state index >= 15 is 0 Å². The summed E-state index contributed by atoms with van der Waals surface area (Å²) in [6.07, 6.45) is 4.35. The minimum atomic E-state index is -0.603. The summed E-state index contributed by atoms with van der Waals surface area (Å²) in [4.78, 5) is 49.4. The Kier molecular flexibility index (Phi) is 5.25. The summed E-state index contributed by atoms with van der Waals surface area (Å²) in [7, 11) is 0. The lowest BCUT2D eigenvalue weighted by Crippen LogP contribution is -2.52. The topological polar surface area (TPSA) is 108 Å². The van der Waals surface area contributed by atoms with Crippen LogP contribution in [0.4, 0.5) is 5.69 Å². The van der Waals surface area contributed by atoms with Gasteiger partial charge in [-0.3, -0.25) is 24.5 Å². The van der Waals surface area contributed by atoms with Crippen LogP contribution in [0.15, 0.2) is 18.2 Å². The third kappa shape index (κ3) is 3.97. The minimum absolute atomic E-state index is 0.00865. The number of piperidine rings is 1. The molecule has 0 aromatic heterocycles. The number of hydrogen-bond donors (Lipinski definition) is 3. The Hall–Kier alpha value is -2.90. The molecular formula is C21H26N4O4. The predicted octanol–water partition coefficient (Wildman–Crippen LogP) is 1.31. The van der Waals surface area contributed by atoms with Gasteiger partial charge in [0.25, 0.3) is 5.91 Å². The summed E-state index contributed by atoms with van der Waals surface area (Å²) in [5, 5.41) is 8.89. The molecule has 2 fully saturated rings. The number of amides is 4. The molecule has 3 aliphatic rings. The molecule has 29 heavy (non-hydrogen) atoms. The van der Waals surface area contributed by atoms with Crippen LogP contribution >= 0.6 is 0 Å². The highest BCUT2D eigenvalue weighted by atomic mass is 16.2. The summed E-state index contributed by atoms with van der Waals surface area (Å²) in [6.45, 7) is 1.91. The fraction of sp³-hybridized carbons (Fsp3) is 0.524. The molecule has 1 aliphatic carbocycles. The number of carbonyl (C=O) groups is 4. The van der Waals surface area contributed by atoms with Crippen LogP contribution in [-0.4, -0.2) is 46.7 Å². The molecular weight excluding hydrogens is 372 g/mol. The third-order valence-corrected chi connectivity index (χ3v) is 6.08. The molecule has 0 bridgehead atoms. The molecule has 0 radical (unpaired) electrons. The molecule has 1 saturated heterocycles. The van der Waals surface area contributed by atoms with Gasteiger partial charge in [0.1, 0.15) is 6.04 Å². The van der Waals surface area contributed by atoms with E-state index in [9.17, 15) is 19.2 Å². The monoisotopic (exact) mass is 398 g/mol. The Labute approximate surface area is 169 Å². The maximum atomic E-state index is 12.9. The van der Waals surface area contributed by atoms with Crippen LogP contribution in [0.3, 0.4) is 0 Å². The highest BCUT2D eigenvalue weighted by Gasteiger charge is 2.40. The van der Waals surface area contributed by atoms with E-state index in [2.05, 4.69) is 16.0 Å². The summed E-state index contributed by atoms with van der Waals surface area (Å²) < 4.78 is 0. The lowest BCUT2D eigenvalue weighted by molar-refractivity contribution is -0.137. The van der Waals surface area contributed by atoms with Gasteiger partial charge in [-0.05, 0) is 44.2 Å². The van der Waals surface area contributed by atoms with Crippen molar-refractivity contribution in [3.8, 4) is 0 Å². The third-order valence-electron chi connectivity index (χ3n) is 6.08. The van der Waals surface area contributed by atoms with Crippen molar-refractivity contribution in [2.75, 3.05) is 5.32 Å². The molecule has 2 aliphatic heterocycles. The number of carbonyl (C=O) groups excluding carboxylic acids is 4. The number of rotatable bonds is 4. The van der Waals surface area contributed by atoms with E-state index < -0.39 is 11.9 Å². The lowest BCUT2D eigenvalue weighted by atomic mass is 9.90. The predicted molar refractivity (Wildman–Crippen MR) is 106 cm³/mol. The first-order valence-electron chi connectivity index (χ1n) is 10.2. The molecule has 4 rings (SSSR count). The Balaban J connectivity index is 1.44. The SMILES string of the molecule is CC(=O)NC1CCC(Nc2cccc3c2CN(C2CCC(=O)NC2=O)C3=O)CC1. The van der Waals surface area contributed by atoms with Gasteiger partial charge in [-0.15, -0.1) is 0 Å². The van der Waals surface area contributed by atoms with Gasteiger partial charge in [0.05, 0.1) is 0 Å². The van der Waals surface area contributed by atoms with Gasteiger partial charge in [0.2, 0.25) is 17.7 Å². The quantitative estimate of drug-likeness (QED) is 0.663. The van der Waals surface area contributed by atoms with Crippen LogP contribution < -0.4 is 16.0 Å². The van der Waals surface area contributed by atoms with E-state index in [0.717, 1.165) is 36.9 Å². The zero-order valence-corrected chi connectivity index (χ0v) is 16.5. The summed E-state index contributed by atoms with van der Waals surface area (Å²) in [5.41, 5.74) is 2.45. The maximum absolute atomic E-state index is 12.9. The zero-order chi connectivity index (χ0) is 20.5. The zero-order valence-electron chi connectivity index (χ0n) is 16.5. The van der Waals surface area contributed by atoms with Crippen molar-refractivity contribution in [1.82, 2.24) is 15.5 Å². The number of anilines is 1. The Bertz CT molecular complexity index is 860. The van der Waals surface area contributed by atoms with Crippen LogP contribution in [0.2, 0.25) is 0 Å². The lowest BCUT2D eigenvalue weighted by Gasteiger charge is -2.31. The maximum Gasteiger partial charge on any atom is 0.255 e. The van der Waals surface area contributed by atoms with Crippen molar-refractivity contribution in [3.63, 3.8) is 0 Å². The normalized spacial score (nSPS) is 26.7. The van der Waals surface area contributed by atoms with E-state index in [1.54, 1.807) is 17.9 Å². The largest absolute Gasteiger partial charge is 0.382 e. The first-order chi connectivity index (χ1) is 13.9. The van der Waals surface area contributed by atoms with E-state index in [1.807, 2.05) is 12.1 Å². The number of fused-ring (bicyclic) bond motifs is 1. The van der Waals surface area contributed by atoms with E-state index in [0.29, 0.717) is 18.5 Å². The first-order valence-corrected chi connectivity index (χ1v) is 10.2. The van der Waals surface area contributed by atoms with E-state index in [1.165, 1.54) is 0 Å². The van der Waals surface area contributed by atoms with Crippen molar-refractivity contribution < 1.29 is 19.2 Å². The van der Waals surface area contributed by atoms with Crippen molar-refractivity contribution in [2.24, 2.45) is 0 Å². The van der Waals surface area contributed by atoms with Gasteiger partial charge >= 0.3 is 0 Å². The number of imide groups is 1. The summed E-state index contributed by atoms with van der Waals surface area (Å²) in [5.74, 6) is -0.831. The summed E-state index contributed by atoms with van der Waals surface area (Å²) >= 11 is 0. The fourth-order valence-corrected chi connectivity index (χ4v) is 4.61. The van der Waals surface area contributed by atoms with E-state index in [-0.39, 0.29) is 36.2 Å². The van der Waals surface area contributed by atoms with Crippen molar-refractivity contribution >= 4 is 29.3 Å². The van der Waals surface area contributed by atoms with Crippen LogP contribution in [0, 0.1) is 0 Å². The first kappa shape index (κ1) is 19.4. The number of benzene rings is 1. The highest BCUT2D eigenvalue weighted by molar-refractivity contribution is 6.06. The molecule has 154 valence electrons. The standard InChI is InChI=1S/C21H26N4O4/c1-12(26)22-13-5-7-14(8-6-13)23-17-4-2-3-15-16(17)11-25(21(15)29)18-9-10-19(27)24-20(18)28/h2-4,13-14,18,23H,5-11H2,1H3,(H,22,26)(H,24,27,28). The Morgan fingerprint density at radius 3 is 2.48 bits per heavy atom. The van der Waals surface area contributed by atoms with E-state index in [4.69, 9.17) is 0 Å². The van der Waals surface area contributed by atoms with Crippen LogP contribution in [0.25, 0.3) is 0 Å². The average Bonchev–Trinajstić information content (AvgIpc) is 3.01.